The summed E-state index contributed by atoms with van der Waals surface area (Å²) in [7, 11) is 3.64. The highest BCUT2D eigenvalue weighted by Crippen LogP contribution is 2.38. The van der Waals surface area contributed by atoms with Gasteiger partial charge >= 0.3 is 12.1 Å². The van der Waals surface area contributed by atoms with Gasteiger partial charge in [0.15, 0.2) is 17.7 Å². The van der Waals surface area contributed by atoms with Crippen LogP contribution >= 0.6 is 0 Å². The Balaban J connectivity index is 1.55. The van der Waals surface area contributed by atoms with Crippen LogP contribution in [0.25, 0.3) is 10.9 Å². The van der Waals surface area contributed by atoms with Crippen LogP contribution in [0, 0.1) is 35.5 Å². The number of aromatic nitrogens is 1. The summed E-state index contributed by atoms with van der Waals surface area (Å²) in [5.74, 6) is -0.810. The summed E-state index contributed by atoms with van der Waals surface area (Å²) in [5.41, 5.74) is -0.105. The lowest BCUT2D eigenvalue weighted by Crippen LogP contribution is -2.59. The highest BCUT2D eigenvalue weighted by atomic mass is 19.1. The summed E-state index contributed by atoms with van der Waals surface area (Å²) < 4.78 is 46.2. The molecule has 14 heteroatoms. The number of para-hydroxylation sites is 1. The first kappa shape index (κ1) is 42.1. The van der Waals surface area contributed by atoms with Crippen molar-refractivity contribution < 1.29 is 52.4 Å². The first-order valence-electron chi connectivity index (χ1n) is 19.0. The summed E-state index contributed by atoms with van der Waals surface area (Å²) >= 11 is 0. The third-order valence-corrected chi connectivity index (χ3v) is 11.5. The number of nitrogens with one attached hydrogen (secondary N) is 1. The molecule has 14 atom stereocenters. The van der Waals surface area contributed by atoms with E-state index in [1.54, 1.807) is 33.9 Å². The van der Waals surface area contributed by atoms with Crippen molar-refractivity contribution in [3.63, 3.8) is 0 Å². The Kier molecular flexibility index (Phi) is 13.4. The number of Topliss-reactive ketones (excluding diaryl/α,β-unsaturated/α-hetero) is 2. The smallest absolute Gasteiger partial charge is 0.408 e. The lowest BCUT2D eigenvalue weighted by molar-refractivity contribution is -0.282. The number of carbonyl (C=O) groups excluding carboxylic acids is 4. The van der Waals surface area contributed by atoms with Gasteiger partial charge in [0.1, 0.15) is 24.6 Å². The van der Waals surface area contributed by atoms with E-state index in [9.17, 15) is 24.3 Å². The van der Waals surface area contributed by atoms with Gasteiger partial charge in [0, 0.05) is 46.9 Å². The maximum Gasteiger partial charge on any atom is 0.408 e. The fraction of sp³-hybridized carbons (Fsp3) is 0.634. The molecule has 2 aromatic rings. The Morgan fingerprint density at radius 1 is 1.04 bits per heavy atom. The van der Waals surface area contributed by atoms with Crippen LogP contribution in [0.4, 0.5) is 9.18 Å². The summed E-state index contributed by atoms with van der Waals surface area (Å²) in [6, 6.07) is 8.18. The van der Waals surface area contributed by atoms with Gasteiger partial charge in [-0.1, -0.05) is 64.7 Å². The van der Waals surface area contributed by atoms with Gasteiger partial charge in [-0.2, -0.15) is 0 Å². The largest absolute Gasteiger partial charge is 0.456 e. The number of rotatable bonds is 6. The number of alkyl carbamates (subject to hydrolysis) is 1. The number of hydrogen-bond donors (Lipinski definition) is 2. The molecule has 3 fully saturated rings. The van der Waals surface area contributed by atoms with Gasteiger partial charge in [-0.15, -0.1) is 0 Å². The first-order chi connectivity index (χ1) is 26.0. The van der Waals surface area contributed by atoms with E-state index in [0.29, 0.717) is 12.0 Å². The average molecular weight is 768 g/mol. The number of alkyl halides is 1. The summed E-state index contributed by atoms with van der Waals surface area (Å²) in [6.45, 7) is 11.3. The van der Waals surface area contributed by atoms with Crippen molar-refractivity contribution in [3.8, 4) is 11.8 Å². The minimum atomic E-state index is -2.72. The van der Waals surface area contributed by atoms with Crippen LogP contribution in [0.2, 0.25) is 0 Å². The molecule has 300 valence electrons. The molecule has 4 heterocycles. The van der Waals surface area contributed by atoms with Gasteiger partial charge in [-0.05, 0) is 52.9 Å². The number of amides is 1. The molecule has 0 saturated carbocycles. The third kappa shape index (κ3) is 8.86. The number of halogens is 1. The van der Waals surface area contributed by atoms with Crippen LogP contribution in [0.1, 0.15) is 66.9 Å². The normalized spacial score (nSPS) is 37.6. The Bertz CT molecular complexity index is 1800. The fourth-order valence-corrected chi connectivity index (χ4v) is 8.37. The molecule has 1 aromatic heterocycles. The number of nitrogens with zero attached hydrogens (tertiary/aromatic N) is 2. The Hall–Kier alpha value is -4.00. The van der Waals surface area contributed by atoms with Crippen molar-refractivity contribution in [2.75, 3.05) is 20.7 Å². The minimum Gasteiger partial charge on any atom is -0.456 e. The molecule has 1 amide bonds. The van der Waals surface area contributed by atoms with Crippen molar-refractivity contribution >= 4 is 34.5 Å². The lowest BCUT2D eigenvalue weighted by atomic mass is 9.74. The predicted octanol–water partition coefficient (Wildman–Crippen LogP) is 4.01. The number of likely N-dealkylation sites (N-methyl/N-ethyl adjacent to an activating group) is 1. The van der Waals surface area contributed by atoms with E-state index in [2.05, 4.69) is 22.1 Å². The lowest BCUT2D eigenvalue weighted by Gasteiger charge is -2.45. The summed E-state index contributed by atoms with van der Waals surface area (Å²) in [5, 5.41) is 15.0. The first-order valence-corrected chi connectivity index (χ1v) is 19.0. The second-order valence-electron chi connectivity index (χ2n) is 15.6. The number of fused-ring (bicyclic) bond motifs is 2. The summed E-state index contributed by atoms with van der Waals surface area (Å²) in [6.07, 6.45) is -7.50. The molecule has 13 nitrogen and oxygen atoms in total. The Morgan fingerprint density at radius 3 is 2.42 bits per heavy atom. The van der Waals surface area contributed by atoms with E-state index in [1.165, 1.54) is 13.8 Å². The quantitative estimate of drug-likeness (QED) is 0.247. The standard InChI is InChI=1S/C41H54FN3O10/c1-10-30-41(7)37(44-40(50)55-41)24(5)32(46)22(3)35(51-17-13-14-26-19-27-15-11-12-16-28(27)43-20-26)25(6)36(23(4)33(47)31(42)38(49)53-30)54-39-34(48)29(45(8)9)18-21(2)52-39/h11-12,15-16,19-25,29-31,34-37,39,48H,10,17-18H2,1-9H3,(H,44,50)/t21-,22+,23+,24+,25+,29+,30-,31?,34-,35+,36-,37?,39+,41-/m1/s1. The molecule has 0 radical (unpaired) electrons. The van der Waals surface area contributed by atoms with Crippen LogP contribution in [0.15, 0.2) is 36.5 Å². The predicted molar refractivity (Wildman–Crippen MR) is 199 cm³/mol. The number of aliphatic hydroxyl groups is 1. The van der Waals surface area contributed by atoms with Gasteiger partial charge in [0.2, 0.25) is 0 Å². The third-order valence-electron chi connectivity index (χ3n) is 11.5. The second-order valence-corrected chi connectivity index (χ2v) is 15.6. The molecular formula is C41H54FN3O10. The van der Waals surface area contributed by atoms with Crippen molar-refractivity contribution in [2.24, 2.45) is 23.7 Å². The number of esters is 1. The molecule has 3 saturated heterocycles. The number of pyridine rings is 1. The van der Waals surface area contributed by atoms with E-state index in [1.807, 2.05) is 56.3 Å². The Morgan fingerprint density at radius 2 is 1.73 bits per heavy atom. The topological polar surface area (TPSA) is 163 Å². The van der Waals surface area contributed by atoms with E-state index < -0.39 is 90.0 Å². The molecule has 0 bridgehead atoms. The van der Waals surface area contributed by atoms with Crippen molar-refractivity contribution in [2.45, 2.75) is 122 Å². The zero-order chi connectivity index (χ0) is 40.4. The molecule has 3 aliphatic heterocycles. The van der Waals surface area contributed by atoms with E-state index in [-0.39, 0.29) is 31.0 Å². The van der Waals surface area contributed by atoms with Gasteiger partial charge in [0.05, 0.1) is 29.9 Å². The van der Waals surface area contributed by atoms with Crippen molar-refractivity contribution in [3.05, 3.63) is 42.1 Å². The van der Waals surface area contributed by atoms with Crippen molar-refractivity contribution in [1.29, 1.82) is 0 Å². The number of ether oxygens (including phenoxy) is 5. The molecule has 3 aliphatic rings. The van der Waals surface area contributed by atoms with E-state index in [0.717, 1.165) is 10.9 Å². The van der Waals surface area contributed by atoms with Gasteiger partial charge in [-0.3, -0.25) is 14.6 Å². The molecule has 0 aliphatic carbocycles. The molecule has 55 heavy (non-hydrogen) atoms. The number of benzene rings is 1. The summed E-state index contributed by atoms with van der Waals surface area (Å²) in [4.78, 5) is 60.8. The molecule has 5 rings (SSSR count). The van der Waals surface area contributed by atoms with Crippen LogP contribution in [0.3, 0.4) is 0 Å². The molecule has 2 unspecified atom stereocenters. The van der Waals surface area contributed by atoms with E-state index >= 15 is 4.39 Å². The number of ketones is 2. The fourth-order valence-electron chi connectivity index (χ4n) is 8.37. The molecule has 0 spiro atoms. The van der Waals surface area contributed by atoms with E-state index in [4.69, 9.17) is 23.7 Å². The maximum absolute atomic E-state index is 16.1. The van der Waals surface area contributed by atoms with Gasteiger partial charge in [0.25, 0.3) is 6.17 Å². The van der Waals surface area contributed by atoms with Crippen molar-refractivity contribution in [1.82, 2.24) is 15.2 Å². The zero-order valence-corrected chi connectivity index (χ0v) is 33.0. The number of hydrogen-bond acceptors (Lipinski definition) is 12. The maximum atomic E-state index is 16.1. The molecule has 2 N–H and O–H groups in total. The average Bonchev–Trinajstić information content (AvgIpc) is 3.48. The highest BCUT2D eigenvalue weighted by Gasteiger charge is 2.57. The highest BCUT2D eigenvalue weighted by molar-refractivity contribution is 6.03. The zero-order valence-electron chi connectivity index (χ0n) is 33.0. The minimum absolute atomic E-state index is 0.0860. The molecule has 1 aromatic carbocycles. The second kappa shape index (κ2) is 17.4. The van der Waals surface area contributed by atoms with Crippen LogP contribution in [0.5, 0.6) is 0 Å². The SMILES string of the molecule is CC[C@H]1OC(=O)C(F)C(=O)[C@H](C)[C@@H](O[C@@H]2O[C@H](C)C[C@H](N(C)C)[C@H]2O)[C@@H](C)[C@@H](OCC#Cc2cnc3ccccc3c2)[C@@H](C)C(=O)[C@H](C)C2NC(=O)O[C@@]21C. The van der Waals surface area contributed by atoms with Crippen LogP contribution in [-0.2, 0) is 38.1 Å². The van der Waals surface area contributed by atoms with Crippen LogP contribution in [-0.4, -0.2) is 120 Å². The number of aliphatic hydroxyl groups excluding tert-OH is 1. The van der Waals surface area contributed by atoms with Gasteiger partial charge < -0.3 is 39.0 Å². The monoisotopic (exact) mass is 767 g/mol. The Labute approximate surface area is 321 Å². The van der Waals surface area contributed by atoms with Crippen LogP contribution < -0.4 is 5.32 Å². The van der Waals surface area contributed by atoms with Gasteiger partial charge in [-0.25, -0.2) is 14.0 Å². The number of carbonyl (C=O) groups is 4. The number of cyclic esters (lactones) is 1. The molecular weight excluding hydrogens is 713 g/mol.